The highest BCUT2D eigenvalue weighted by Crippen LogP contribution is 2.43. The Balaban J connectivity index is 0.000000151. The second-order valence-electron chi connectivity index (χ2n) is 28.4. The Labute approximate surface area is 653 Å². The molecule has 0 radical (unpaired) electrons. The van der Waals surface area contributed by atoms with Crippen molar-refractivity contribution in [2.75, 3.05) is 9.80 Å². The molecule has 0 N–H and O–H groups in total. The monoisotopic (exact) mass is 1430 g/mol. The first-order valence-electron chi connectivity index (χ1n) is 38.4. The first-order valence-corrected chi connectivity index (χ1v) is 38.4. The van der Waals surface area contributed by atoms with Gasteiger partial charge in [-0.15, -0.1) is 0 Å². The van der Waals surface area contributed by atoms with Crippen LogP contribution < -0.4 is 9.80 Å². The minimum absolute atomic E-state index is 1.09. The molecule has 0 saturated carbocycles. The lowest BCUT2D eigenvalue weighted by Gasteiger charge is -2.26. The molecule has 528 valence electrons. The smallest absolute Gasteiger partial charge is 0.0541 e. The van der Waals surface area contributed by atoms with Crippen molar-refractivity contribution in [1.82, 2.24) is 9.13 Å². The van der Waals surface area contributed by atoms with Crippen LogP contribution in [0.5, 0.6) is 0 Å². The van der Waals surface area contributed by atoms with Crippen LogP contribution in [-0.4, -0.2) is 9.13 Å². The second-order valence-corrected chi connectivity index (χ2v) is 28.4. The van der Waals surface area contributed by atoms with Crippen molar-refractivity contribution in [2.24, 2.45) is 0 Å². The topological polar surface area (TPSA) is 16.3 Å². The molecule has 112 heavy (non-hydrogen) atoms. The number of hydrogen-bond donors (Lipinski definition) is 0. The van der Waals surface area contributed by atoms with E-state index in [4.69, 9.17) is 0 Å². The molecule has 0 fully saturated rings. The van der Waals surface area contributed by atoms with E-state index in [1.165, 1.54) is 133 Å². The molecule has 0 atom stereocenters. The van der Waals surface area contributed by atoms with Gasteiger partial charge in [-0.2, -0.15) is 0 Å². The number of nitrogens with zero attached hydrogens (tertiary/aromatic N) is 4. The lowest BCUT2D eigenvalue weighted by molar-refractivity contribution is 1.18. The molecular formula is C108H76N4. The quantitative estimate of drug-likeness (QED) is 0.0959. The fourth-order valence-electron chi connectivity index (χ4n) is 16.1. The molecule has 0 unspecified atom stereocenters. The van der Waals surface area contributed by atoms with Gasteiger partial charge >= 0.3 is 0 Å². The Hall–Kier alpha value is -14.8. The van der Waals surface area contributed by atoms with Gasteiger partial charge in [0.2, 0.25) is 0 Å². The highest BCUT2D eigenvalue weighted by atomic mass is 15.1. The van der Waals surface area contributed by atoms with Crippen LogP contribution in [-0.2, 0) is 0 Å². The van der Waals surface area contributed by atoms with Gasteiger partial charge in [0.05, 0.1) is 22.1 Å². The summed E-state index contributed by atoms with van der Waals surface area (Å²) < 4.78 is 4.76. The van der Waals surface area contributed by atoms with Crippen molar-refractivity contribution in [2.45, 2.75) is 0 Å². The van der Waals surface area contributed by atoms with Crippen LogP contribution in [0.25, 0.3) is 144 Å². The van der Waals surface area contributed by atoms with Crippen molar-refractivity contribution in [3.63, 3.8) is 0 Å². The number of rotatable bonds is 16. The standard InChI is InChI=1S/2C54H38N2/c1-3-13-39(14-4-1)41-25-31-47(32-26-41)55(48-33-27-42(28-34-48)45-18-11-17-44(37-45)40-15-5-2-6-16-40)49-35-29-43(30-36-49)46-19-12-20-50(38-46)56-53-23-9-7-21-51(53)52-22-8-10-24-54(52)56;1-3-14-39(15-4-1)40-26-32-45(33-27-40)55(47-36-30-43(31-37-47)50-21-8-7-20-49(50)42-16-5-2-6-17-42)46-34-28-41(29-35-46)44-18-13-19-48(38-44)56-53-24-11-9-22-51(53)52-23-10-12-25-54(52)56/h2*1-38H. The summed E-state index contributed by atoms with van der Waals surface area (Å²) in [6.45, 7) is 0. The first kappa shape index (κ1) is 67.7. The molecule has 4 nitrogen and oxygen atoms in total. The Morgan fingerprint density at radius 1 is 0.134 bits per heavy atom. The molecule has 2 heterocycles. The van der Waals surface area contributed by atoms with Crippen LogP contribution in [0.1, 0.15) is 0 Å². The Bertz CT molecular complexity index is 6560. The largest absolute Gasteiger partial charge is 0.311 e. The molecule has 20 rings (SSSR count). The minimum atomic E-state index is 1.09. The Morgan fingerprint density at radius 3 is 0.634 bits per heavy atom. The molecule has 0 amide bonds. The summed E-state index contributed by atoms with van der Waals surface area (Å²) in [4.78, 5) is 4.69. The van der Waals surface area contributed by atoms with Gasteiger partial charge in [0.25, 0.3) is 0 Å². The fourth-order valence-corrected chi connectivity index (χ4v) is 16.1. The third-order valence-electron chi connectivity index (χ3n) is 21.6. The summed E-state index contributed by atoms with van der Waals surface area (Å²) in [6, 6.07) is 166. The molecule has 4 heteroatoms. The van der Waals surface area contributed by atoms with E-state index in [9.17, 15) is 0 Å². The third kappa shape index (κ3) is 13.5. The zero-order valence-corrected chi connectivity index (χ0v) is 61.7. The lowest BCUT2D eigenvalue weighted by atomic mass is 9.94. The molecule has 0 saturated heterocycles. The zero-order valence-electron chi connectivity index (χ0n) is 61.7. The van der Waals surface area contributed by atoms with E-state index in [1.807, 2.05) is 0 Å². The molecule has 18 aromatic carbocycles. The van der Waals surface area contributed by atoms with E-state index in [2.05, 4.69) is 480 Å². The number of benzene rings is 18. The van der Waals surface area contributed by atoms with Crippen molar-refractivity contribution in [1.29, 1.82) is 0 Å². The number of para-hydroxylation sites is 4. The minimum Gasteiger partial charge on any atom is -0.311 e. The molecule has 0 aliphatic rings. The van der Waals surface area contributed by atoms with E-state index >= 15 is 0 Å². The SMILES string of the molecule is c1ccc(-c2ccc(N(c3ccc(-c4cccc(-c5ccccc5)c4)cc3)c3ccc(-c4cccc(-n5c6ccccc6c6ccccc65)c4)cc3)cc2)cc1.c1ccc(-c2ccc(N(c3ccc(-c4cccc(-n5c6ccccc6c6ccccc65)c4)cc3)c3ccc(-c4ccccc4-c4ccccc4)cc3)cc2)cc1. The van der Waals surface area contributed by atoms with Crippen molar-refractivity contribution >= 4 is 77.7 Å². The van der Waals surface area contributed by atoms with Crippen molar-refractivity contribution in [3.05, 3.63) is 461 Å². The van der Waals surface area contributed by atoms with E-state index in [0.717, 1.165) is 45.5 Å². The maximum absolute atomic E-state index is 2.38. The van der Waals surface area contributed by atoms with Crippen molar-refractivity contribution in [3.8, 4) is 100 Å². The molecule has 0 aliphatic heterocycles. The maximum Gasteiger partial charge on any atom is 0.0541 e. The summed E-state index contributed by atoms with van der Waals surface area (Å²) in [5.41, 5.74) is 32.9. The predicted molar refractivity (Wildman–Crippen MR) is 474 cm³/mol. The maximum atomic E-state index is 2.38. The Morgan fingerprint density at radius 2 is 0.330 bits per heavy atom. The predicted octanol–water partition coefficient (Wildman–Crippen LogP) is 29.8. The van der Waals surface area contributed by atoms with Gasteiger partial charge in [0.15, 0.2) is 0 Å². The van der Waals surface area contributed by atoms with Crippen LogP contribution in [0, 0.1) is 0 Å². The van der Waals surface area contributed by atoms with Crippen LogP contribution in [0.3, 0.4) is 0 Å². The van der Waals surface area contributed by atoms with Gasteiger partial charge in [0.1, 0.15) is 0 Å². The van der Waals surface area contributed by atoms with E-state index < -0.39 is 0 Å². The third-order valence-corrected chi connectivity index (χ3v) is 21.6. The molecule has 0 aliphatic carbocycles. The molecular weight excluding hydrogens is 1350 g/mol. The summed E-state index contributed by atoms with van der Waals surface area (Å²) in [5, 5.41) is 5.07. The van der Waals surface area contributed by atoms with E-state index in [-0.39, 0.29) is 0 Å². The summed E-state index contributed by atoms with van der Waals surface area (Å²) in [6.07, 6.45) is 0. The molecule has 0 bridgehead atoms. The van der Waals surface area contributed by atoms with Gasteiger partial charge in [-0.05, 0) is 216 Å². The zero-order chi connectivity index (χ0) is 74.5. The molecule has 0 spiro atoms. The van der Waals surface area contributed by atoms with E-state index in [1.54, 1.807) is 0 Å². The van der Waals surface area contributed by atoms with Gasteiger partial charge in [-0.3, -0.25) is 0 Å². The second kappa shape index (κ2) is 30.4. The number of hydrogen-bond acceptors (Lipinski definition) is 2. The molecule has 2 aromatic heterocycles. The van der Waals surface area contributed by atoms with Crippen LogP contribution >= 0.6 is 0 Å². The molecule has 20 aromatic rings. The van der Waals surface area contributed by atoms with Gasteiger partial charge in [-0.25, -0.2) is 0 Å². The van der Waals surface area contributed by atoms with E-state index in [0.29, 0.717) is 0 Å². The highest BCUT2D eigenvalue weighted by molar-refractivity contribution is 6.10. The van der Waals surface area contributed by atoms with Crippen molar-refractivity contribution < 1.29 is 0 Å². The van der Waals surface area contributed by atoms with Crippen LogP contribution in [0.15, 0.2) is 461 Å². The van der Waals surface area contributed by atoms with Crippen LogP contribution in [0.4, 0.5) is 34.1 Å². The average molecular weight is 1430 g/mol. The Kier molecular flexibility index (Phi) is 18.4. The first-order chi connectivity index (χ1) is 55.5. The highest BCUT2D eigenvalue weighted by Gasteiger charge is 2.20. The summed E-state index contributed by atoms with van der Waals surface area (Å²) >= 11 is 0. The fraction of sp³-hybridized carbons (Fsp3) is 0. The van der Waals surface area contributed by atoms with Gasteiger partial charge in [0, 0.05) is 67.0 Å². The van der Waals surface area contributed by atoms with Gasteiger partial charge in [-0.1, -0.05) is 334 Å². The van der Waals surface area contributed by atoms with Gasteiger partial charge < -0.3 is 18.9 Å². The number of fused-ring (bicyclic) bond motifs is 6. The number of aromatic nitrogens is 2. The number of anilines is 6. The summed E-state index contributed by atoms with van der Waals surface area (Å²) in [7, 11) is 0. The van der Waals surface area contributed by atoms with Crippen LogP contribution in [0.2, 0.25) is 0 Å². The average Bonchev–Trinajstić information content (AvgIpc) is 1.61. The normalized spacial score (nSPS) is 11.2. The summed E-state index contributed by atoms with van der Waals surface area (Å²) in [5.74, 6) is 0. The lowest BCUT2D eigenvalue weighted by Crippen LogP contribution is -2.09.